The first-order valence-electron chi connectivity index (χ1n) is 10.6. The number of rotatable bonds is 8. The van der Waals surface area contributed by atoms with Crippen LogP contribution in [0.1, 0.15) is 22.3 Å². The zero-order valence-corrected chi connectivity index (χ0v) is 20.9. The van der Waals surface area contributed by atoms with Crippen molar-refractivity contribution in [1.82, 2.24) is 0 Å². The maximum atomic E-state index is 12.2. The Bertz CT molecular complexity index is 1070. The topological polar surface area (TPSA) is 76.7 Å². The highest BCUT2D eigenvalue weighted by Gasteiger charge is 2.09. The van der Waals surface area contributed by atoms with E-state index < -0.39 is 0 Å². The first-order chi connectivity index (χ1) is 16.1. The second-order valence-electron chi connectivity index (χ2n) is 7.99. The molecule has 3 aromatic carbocycles. The summed E-state index contributed by atoms with van der Waals surface area (Å²) in [6, 6.07) is 13.9. The van der Waals surface area contributed by atoms with Crippen molar-refractivity contribution in [3.05, 3.63) is 80.8 Å². The minimum atomic E-state index is -0.302. The van der Waals surface area contributed by atoms with Crippen molar-refractivity contribution in [2.24, 2.45) is 0 Å². The monoisotopic (exact) mass is 500 g/mol. The summed E-state index contributed by atoms with van der Waals surface area (Å²) in [6.45, 7) is 7.26. The smallest absolute Gasteiger partial charge is 0.262 e. The summed E-state index contributed by atoms with van der Waals surface area (Å²) in [6.07, 6.45) is 0. The van der Waals surface area contributed by atoms with Gasteiger partial charge >= 0.3 is 0 Å². The van der Waals surface area contributed by atoms with Gasteiger partial charge < -0.3 is 20.1 Å². The molecule has 3 rings (SSSR count). The number of halogens is 2. The van der Waals surface area contributed by atoms with Gasteiger partial charge in [-0.2, -0.15) is 0 Å². The van der Waals surface area contributed by atoms with Crippen molar-refractivity contribution in [2.75, 3.05) is 23.8 Å². The van der Waals surface area contributed by atoms with Gasteiger partial charge in [-0.1, -0.05) is 23.2 Å². The second-order valence-corrected chi connectivity index (χ2v) is 8.75. The Kier molecular flexibility index (Phi) is 8.42. The fourth-order valence-corrected chi connectivity index (χ4v) is 3.53. The van der Waals surface area contributed by atoms with Gasteiger partial charge in [0.05, 0.1) is 0 Å². The molecule has 8 heteroatoms. The Hall–Kier alpha value is -3.22. The maximum absolute atomic E-state index is 12.2. The first kappa shape index (κ1) is 25.4. The van der Waals surface area contributed by atoms with Crippen molar-refractivity contribution in [1.29, 1.82) is 0 Å². The third-order valence-corrected chi connectivity index (χ3v) is 6.20. The third kappa shape index (κ3) is 6.89. The molecule has 0 aromatic heterocycles. The zero-order valence-electron chi connectivity index (χ0n) is 19.4. The molecule has 178 valence electrons. The standard InChI is InChI=1S/C26H26Cl2N2O4/c1-15-9-21(10-16(2)25(15)27)33-13-23(31)29-19-5-7-20(8-6-19)30-24(32)14-34-22-11-17(3)26(28)18(4)12-22/h5-12H,13-14H2,1-4H3,(H,29,31)(H,30,32). The highest BCUT2D eigenvalue weighted by Crippen LogP contribution is 2.27. The van der Waals surface area contributed by atoms with Gasteiger partial charge in [-0.15, -0.1) is 0 Å². The van der Waals surface area contributed by atoms with Gasteiger partial charge in [0.1, 0.15) is 11.5 Å². The lowest BCUT2D eigenvalue weighted by atomic mass is 10.1. The summed E-state index contributed by atoms with van der Waals surface area (Å²) in [5.74, 6) is 0.561. The maximum Gasteiger partial charge on any atom is 0.262 e. The van der Waals surface area contributed by atoms with Crippen LogP contribution in [0.5, 0.6) is 11.5 Å². The highest BCUT2D eigenvalue weighted by molar-refractivity contribution is 6.32. The Labute approximate surface area is 209 Å². The summed E-state index contributed by atoms with van der Waals surface area (Å²) in [4.78, 5) is 24.4. The molecule has 0 saturated carbocycles. The summed E-state index contributed by atoms with van der Waals surface area (Å²) in [5, 5.41) is 6.89. The number of hydrogen-bond donors (Lipinski definition) is 2. The molecule has 0 aliphatic heterocycles. The number of hydrogen-bond acceptors (Lipinski definition) is 4. The predicted octanol–water partition coefficient (Wildman–Crippen LogP) is 6.26. The van der Waals surface area contributed by atoms with Gasteiger partial charge in [-0.05, 0) is 98.5 Å². The van der Waals surface area contributed by atoms with E-state index in [4.69, 9.17) is 32.7 Å². The normalized spacial score (nSPS) is 10.5. The van der Waals surface area contributed by atoms with Gasteiger partial charge in [0.15, 0.2) is 13.2 Å². The lowest BCUT2D eigenvalue weighted by molar-refractivity contribution is -0.118. The summed E-state index contributed by atoms with van der Waals surface area (Å²) < 4.78 is 11.1. The Morgan fingerprint density at radius 1 is 0.647 bits per heavy atom. The van der Waals surface area contributed by atoms with Crippen LogP contribution in [0.25, 0.3) is 0 Å². The van der Waals surface area contributed by atoms with E-state index in [0.29, 0.717) is 32.9 Å². The van der Waals surface area contributed by atoms with E-state index in [1.165, 1.54) is 0 Å². The van der Waals surface area contributed by atoms with Crippen LogP contribution >= 0.6 is 23.2 Å². The molecule has 0 heterocycles. The molecule has 0 atom stereocenters. The van der Waals surface area contributed by atoms with Crippen LogP contribution in [0, 0.1) is 27.7 Å². The van der Waals surface area contributed by atoms with Crippen molar-refractivity contribution in [2.45, 2.75) is 27.7 Å². The molecule has 3 aromatic rings. The molecule has 0 spiro atoms. The van der Waals surface area contributed by atoms with E-state index in [1.54, 1.807) is 48.5 Å². The minimum Gasteiger partial charge on any atom is -0.484 e. The number of anilines is 2. The number of benzene rings is 3. The average Bonchev–Trinajstić information content (AvgIpc) is 2.79. The lowest BCUT2D eigenvalue weighted by Crippen LogP contribution is -2.21. The van der Waals surface area contributed by atoms with E-state index in [0.717, 1.165) is 22.3 Å². The van der Waals surface area contributed by atoms with Crippen LogP contribution in [-0.2, 0) is 9.59 Å². The van der Waals surface area contributed by atoms with Crippen LogP contribution in [-0.4, -0.2) is 25.0 Å². The molecule has 0 radical (unpaired) electrons. The van der Waals surface area contributed by atoms with Gasteiger partial charge in [0, 0.05) is 21.4 Å². The molecule has 0 saturated heterocycles. The van der Waals surface area contributed by atoms with Gasteiger partial charge in [-0.25, -0.2) is 0 Å². The lowest BCUT2D eigenvalue weighted by Gasteiger charge is -2.12. The SMILES string of the molecule is Cc1cc(OCC(=O)Nc2ccc(NC(=O)COc3cc(C)c(Cl)c(C)c3)cc2)cc(C)c1Cl. The fourth-order valence-electron chi connectivity index (χ4n) is 3.31. The molecule has 34 heavy (non-hydrogen) atoms. The van der Waals surface area contributed by atoms with E-state index in [9.17, 15) is 9.59 Å². The van der Waals surface area contributed by atoms with E-state index in [2.05, 4.69) is 10.6 Å². The molecule has 0 aliphatic rings. The third-order valence-electron chi connectivity index (χ3n) is 5.01. The molecular formula is C26H26Cl2N2O4. The zero-order chi connectivity index (χ0) is 24.8. The molecule has 6 nitrogen and oxygen atoms in total. The molecule has 0 fully saturated rings. The van der Waals surface area contributed by atoms with E-state index >= 15 is 0 Å². The quantitative estimate of drug-likeness (QED) is 0.382. The number of nitrogens with one attached hydrogen (secondary N) is 2. The predicted molar refractivity (Wildman–Crippen MR) is 137 cm³/mol. The van der Waals surface area contributed by atoms with Crippen molar-refractivity contribution >= 4 is 46.4 Å². The van der Waals surface area contributed by atoms with Crippen molar-refractivity contribution in [3.8, 4) is 11.5 Å². The largest absolute Gasteiger partial charge is 0.484 e. The van der Waals surface area contributed by atoms with Gasteiger partial charge in [0.2, 0.25) is 0 Å². The number of amides is 2. The minimum absolute atomic E-state index is 0.139. The molecule has 0 unspecified atom stereocenters. The molecule has 0 bridgehead atoms. The second kappa shape index (κ2) is 11.3. The first-order valence-corrected chi connectivity index (χ1v) is 11.4. The van der Waals surface area contributed by atoms with E-state index in [-0.39, 0.29) is 25.0 Å². The van der Waals surface area contributed by atoms with Crippen LogP contribution in [0.4, 0.5) is 11.4 Å². The van der Waals surface area contributed by atoms with Crippen LogP contribution in [0.2, 0.25) is 10.0 Å². The molecule has 2 amide bonds. The van der Waals surface area contributed by atoms with Crippen molar-refractivity contribution in [3.63, 3.8) is 0 Å². The fraction of sp³-hybridized carbons (Fsp3) is 0.231. The van der Waals surface area contributed by atoms with Crippen LogP contribution in [0.3, 0.4) is 0 Å². The summed E-state index contributed by atoms with van der Waals surface area (Å²) >= 11 is 12.3. The van der Waals surface area contributed by atoms with Crippen molar-refractivity contribution < 1.29 is 19.1 Å². The number of carbonyl (C=O) groups excluding carboxylic acids is 2. The van der Waals surface area contributed by atoms with Crippen LogP contribution < -0.4 is 20.1 Å². The van der Waals surface area contributed by atoms with Gasteiger partial charge in [0.25, 0.3) is 11.8 Å². The highest BCUT2D eigenvalue weighted by atomic mass is 35.5. The van der Waals surface area contributed by atoms with Crippen LogP contribution in [0.15, 0.2) is 48.5 Å². The average molecular weight is 501 g/mol. The van der Waals surface area contributed by atoms with Gasteiger partial charge in [-0.3, -0.25) is 9.59 Å². The Balaban J connectivity index is 1.47. The Morgan fingerprint density at radius 2 is 0.941 bits per heavy atom. The molecule has 0 aliphatic carbocycles. The number of ether oxygens (including phenoxy) is 2. The molecule has 2 N–H and O–H groups in total. The summed E-state index contributed by atoms with van der Waals surface area (Å²) in [5.41, 5.74) is 4.71. The number of carbonyl (C=O) groups is 2. The summed E-state index contributed by atoms with van der Waals surface area (Å²) in [7, 11) is 0. The van der Waals surface area contributed by atoms with E-state index in [1.807, 2.05) is 27.7 Å². The Morgan fingerprint density at radius 3 is 1.24 bits per heavy atom. The number of aryl methyl sites for hydroxylation is 4. The molecular weight excluding hydrogens is 475 g/mol.